The minimum atomic E-state index is -0.114. The Morgan fingerprint density at radius 2 is 2.12 bits per heavy atom. The summed E-state index contributed by atoms with van der Waals surface area (Å²) in [6.45, 7) is 1.87. The Morgan fingerprint density at radius 3 is 2.94 bits per heavy atom. The van der Waals surface area contributed by atoms with E-state index in [1.165, 1.54) is 4.57 Å². The molecule has 0 aliphatic heterocycles. The zero-order valence-electron chi connectivity index (χ0n) is 9.01. The fourth-order valence-electron chi connectivity index (χ4n) is 1.88. The largest absolute Gasteiger partial charge is 0.283 e. The summed E-state index contributed by atoms with van der Waals surface area (Å²) in [5.41, 5.74) is 2.00. The van der Waals surface area contributed by atoms with Crippen LogP contribution in [-0.2, 0) is 7.05 Å². The summed E-state index contributed by atoms with van der Waals surface area (Å²) in [6.07, 6.45) is 3.50. The van der Waals surface area contributed by atoms with Gasteiger partial charge in [0.1, 0.15) is 0 Å². The van der Waals surface area contributed by atoms with Crippen molar-refractivity contribution in [3.05, 3.63) is 40.6 Å². The smallest absolute Gasteiger partial charge is 0.281 e. The SMILES string of the molecule is Cc1ccc2c(n1)c(=O)n(C)c1nccn21. The van der Waals surface area contributed by atoms with Gasteiger partial charge >= 0.3 is 0 Å². The monoisotopic (exact) mass is 214 g/mol. The molecule has 80 valence electrons. The average molecular weight is 214 g/mol. The highest BCUT2D eigenvalue weighted by molar-refractivity contribution is 5.76. The Labute approximate surface area is 91.0 Å². The maximum atomic E-state index is 12.0. The van der Waals surface area contributed by atoms with E-state index in [1.807, 2.05) is 29.7 Å². The predicted molar refractivity (Wildman–Crippen MR) is 60.5 cm³/mol. The van der Waals surface area contributed by atoms with Gasteiger partial charge in [-0.05, 0) is 19.1 Å². The Morgan fingerprint density at radius 1 is 1.31 bits per heavy atom. The fourth-order valence-corrected chi connectivity index (χ4v) is 1.88. The molecule has 0 radical (unpaired) electrons. The quantitative estimate of drug-likeness (QED) is 0.558. The molecule has 3 rings (SSSR count). The Balaban J connectivity index is 2.71. The highest BCUT2D eigenvalue weighted by atomic mass is 16.1. The van der Waals surface area contributed by atoms with Gasteiger partial charge in [0.05, 0.1) is 5.52 Å². The van der Waals surface area contributed by atoms with Crippen molar-refractivity contribution in [2.24, 2.45) is 7.05 Å². The summed E-state index contributed by atoms with van der Waals surface area (Å²) < 4.78 is 3.37. The third kappa shape index (κ3) is 1.02. The second kappa shape index (κ2) is 2.91. The lowest BCUT2D eigenvalue weighted by Crippen LogP contribution is -2.21. The zero-order valence-corrected chi connectivity index (χ0v) is 9.01. The van der Waals surface area contributed by atoms with Gasteiger partial charge < -0.3 is 0 Å². The molecule has 0 N–H and O–H groups in total. The average Bonchev–Trinajstić information content (AvgIpc) is 2.75. The molecule has 16 heavy (non-hydrogen) atoms. The van der Waals surface area contributed by atoms with E-state index in [4.69, 9.17) is 0 Å². The van der Waals surface area contributed by atoms with E-state index in [-0.39, 0.29) is 5.56 Å². The van der Waals surface area contributed by atoms with Gasteiger partial charge in [-0.15, -0.1) is 0 Å². The first kappa shape index (κ1) is 9.08. The lowest BCUT2D eigenvalue weighted by Gasteiger charge is -2.05. The minimum absolute atomic E-state index is 0.114. The number of pyridine rings is 1. The first-order valence-electron chi connectivity index (χ1n) is 4.98. The van der Waals surface area contributed by atoms with Gasteiger partial charge in [-0.25, -0.2) is 9.97 Å². The van der Waals surface area contributed by atoms with Crippen molar-refractivity contribution >= 4 is 16.8 Å². The van der Waals surface area contributed by atoms with Crippen molar-refractivity contribution in [2.45, 2.75) is 6.92 Å². The third-order valence-electron chi connectivity index (χ3n) is 2.70. The standard InChI is InChI=1S/C11H10N4O/c1-7-3-4-8-9(13-7)10(16)14(2)11-12-5-6-15(8)11/h3-6H,1-2H3. The normalized spacial score (nSPS) is 11.4. The molecule has 0 aliphatic carbocycles. The van der Waals surface area contributed by atoms with Gasteiger partial charge in [0.25, 0.3) is 5.56 Å². The van der Waals surface area contributed by atoms with Gasteiger partial charge in [-0.1, -0.05) is 0 Å². The predicted octanol–water partition coefficient (Wildman–Crippen LogP) is 0.890. The van der Waals surface area contributed by atoms with Crippen LogP contribution in [0.4, 0.5) is 0 Å². The lowest BCUT2D eigenvalue weighted by molar-refractivity contribution is 0.858. The first-order valence-corrected chi connectivity index (χ1v) is 4.98. The van der Waals surface area contributed by atoms with Crippen molar-refractivity contribution in [3.63, 3.8) is 0 Å². The summed E-state index contributed by atoms with van der Waals surface area (Å²) in [6, 6.07) is 3.79. The number of fused-ring (bicyclic) bond motifs is 3. The van der Waals surface area contributed by atoms with E-state index in [9.17, 15) is 4.79 Å². The molecular formula is C11H10N4O. The summed E-state index contributed by atoms with van der Waals surface area (Å²) in [5, 5.41) is 0. The van der Waals surface area contributed by atoms with E-state index < -0.39 is 0 Å². The molecule has 3 aromatic rings. The molecule has 3 aromatic heterocycles. The van der Waals surface area contributed by atoms with E-state index >= 15 is 0 Å². The topological polar surface area (TPSA) is 52.2 Å². The molecule has 0 unspecified atom stereocenters. The lowest BCUT2D eigenvalue weighted by atomic mass is 10.3. The Bertz CT molecular complexity index is 754. The molecule has 0 amide bonds. The van der Waals surface area contributed by atoms with Crippen molar-refractivity contribution < 1.29 is 0 Å². The summed E-state index contributed by atoms with van der Waals surface area (Å²) in [4.78, 5) is 20.5. The first-order chi connectivity index (χ1) is 7.68. The molecule has 3 heterocycles. The molecule has 0 saturated heterocycles. The number of aromatic nitrogens is 4. The maximum Gasteiger partial charge on any atom is 0.281 e. The Kier molecular flexibility index (Phi) is 1.65. The van der Waals surface area contributed by atoms with E-state index in [2.05, 4.69) is 9.97 Å². The van der Waals surface area contributed by atoms with Crippen molar-refractivity contribution in [1.82, 2.24) is 18.9 Å². The molecule has 0 atom stereocenters. The van der Waals surface area contributed by atoms with Crippen LogP contribution in [-0.4, -0.2) is 18.9 Å². The molecule has 0 spiro atoms. The van der Waals surface area contributed by atoms with Gasteiger partial charge in [0, 0.05) is 25.1 Å². The van der Waals surface area contributed by atoms with Crippen LogP contribution in [0.2, 0.25) is 0 Å². The van der Waals surface area contributed by atoms with Gasteiger partial charge in [0.15, 0.2) is 5.52 Å². The third-order valence-corrected chi connectivity index (χ3v) is 2.70. The van der Waals surface area contributed by atoms with Gasteiger partial charge in [-0.3, -0.25) is 13.8 Å². The fraction of sp³-hybridized carbons (Fsp3) is 0.182. The second-order valence-corrected chi connectivity index (χ2v) is 3.78. The number of nitrogens with zero attached hydrogens (tertiary/aromatic N) is 4. The molecule has 5 heteroatoms. The second-order valence-electron chi connectivity index (χ2n) is 3.78. The maximum absolute atomic E-state index is 12.0. The van der Waals surface area contributed by atoms with E-state index in [0.717, 1.165) is 11.2 Å². The Hall–Kier alpha value is -2.17. The molecular weight excluding hydrogens is 204 g/mol. The van der Waals surface area contributed by atoms with Crippen molar-refractivity contribution in [3.8, 4) is 0 Å². The summed E-state index contributed by atoms with van der Waals surface area (Å²) in [7, 11) is 1.70. The molecule has 0 bridgehead atoms. The van der Waals surface area contributed by atoms with Crippen LogP contribution >= 0.6 is 0 Å². The number of hydrogen-bond acceptors (Lipinski definition) is 3. The van der Waals surface area contributed by atoms with Crippen LogP contribution in [0.3, 0.4) is 0 Å². The number of hydrogen-bond donors (Lipinski definition) is 0. The highest BCUT2D eigenvalue weighted by Crippen LogP contribution is 2.10. The van der Waals surface area contributed by atoms with Crippen LogP contribution in [0.25, 0.3) is 16.8 Å². The van der Waals surface area contributed by atoms with E-state index in [1.54, 1.807) is 13.2 Å². The molecule has 5 nitrogen and oxygen atoms in total. The highest BCUT2D eigenvalue weighted by Gasteiger charge is 2.09. The van der Waals surface area contributed by atoms with Crippen LogP contribution in [0, 0.1) is 6.92 Å². The van der Waals surface area contributed by atoms with Crippen molar-refractivity contribution in [2.75, 3.05) is 0 Å². The van der Waals surface area contributed by atoms with Gasteiger partial charge in [-0.2, -0.15) is 0 Å². The van der Waals surface area contributed by atoms with Crippen LogP contribution in [0.1, 0.15) is 5.69 Å². The number of aryl methyl sites for hydroxylation is 2. The molecule has 0 aliphatic rings. The molecule has 0 saturated carbocycles. The zero-order chi connectivity index (χ0) is 11.3. The summed E-state index contributed by atoms with van der Waals surface area (Å²) >= 11 is 0. The number of imidazole rings is 1. The van der Waals surface area contributed by atoms with Crippen LogP contribution in [0.15, 0.2) is 29.3 Å². The molecule has 0 aromatic carbocycles. The minimum Gasteiger partial charge on any atom is -0.283 e. The van der Waals surface area contributed by atoms with E-state index in [0.29, 0.717) is 11.3 Å². The molecule has 0 fully saturated rings. The summed E-state index contributed by atoms with van der Waals surface area (Å²) in [5.74, 6) is 0.628. The number of rotatable bonds is 0. The van der Waals surface area contributed by atoms with Crippen LogP contribution < -0.4 is 5.56 Å². The van der Waals surface area contributed by atoms with Gasteiger partial charge in [0.2, 0.25) is 5.78 Å². The van der Waals surface area contributed by atoms with Crippen molar-refractivity contribution in [1.29, 1.82) is 0 Å². The van der Waals surface area contributed by atoms with Crippen LogP contribution in [0.5, 0.6) is 0 Å².